The number of nitrogens with one attached hydrogen (secondary N) is 1. The topological polar surface area (TPSA) is 55.6 Å². The van der Waals surface area contributed by atoms with E-state index in [4.69, 9.17) is 0 Å². The van der Waals surface area contributed by atoms with Crippen molar-refractivity contribution in [3.8, 4) is 5.69 Å². The molecular weight excluding hydrogens is 325 g/mol. The van der Waals surface area contributed by atoms with Crippen LogP contribution in [0.1, 0.15) is 32.2 Å². The lowest BCUT2D eigenvalue weighted by Gasteiger charge is -2.20. The van der Waals surface area contributed by atoms with Gasteiger partial charge in [-0.15, -0.1) is 5.10 Å². The molecule has 1 aromatic heterocycles. The number of halogens is 2. The van der Waals surface area contributed by atoms with Gasteiger partial charge in [0.05, 0.1) is 16.7 Å². The van der Waals surface area contributed by atoms with Crippen molar-refractivity contribution in [2.45, 2.75) is 39.8 Å². The van der Waals surface area contributed by atoms with E-state index in [1.807, 2.05) is 6.92 Å². The van der Waals surface area contributed by atoms with E-state index in [0.29, 0.717) is 22.5 Å². The molecule has 2 rings (SSSR count). The minimum atomic E-state index is -0.337. The van der Waals surface area contributed by atoms with Crippen LogP contribution in [-0.2, 0) is 6.54 Å². The smallest absolute Gasteiger partial charge is 0.170 e. The van der Waals surface area contributed by atoms with Crippen LogP contribution in [0, 0.1) is 12.7 Å². The fraction of sp³-hybridized carbons (Fsp3) is 0.462. The fourth-order valence-corrected chi connectivity index (χ4v) is 2.17. The lowest BCUT2D eigenvalue weighted by atomic mass is 10.1. The monoisotopic (exact) mass is 341 g/mol. The van der Waals surface area contributed by atoms with E-state index in [1.54, 1.807) is 10.7 Å². The highest BCUT2D eigenvalue weighted by molar-refractivity contribution is 9.10. The molecule has 0 atom stereocenters. The summed E-state index contributed by atoms with van der Waals surface area (Å²) >= 11 is 3.17. The van der Waals surface area contributed by atoms with Gasteiger partial charge in [-0.25, -0.2) is 4.39 Å². The zero-order valence-corrected chi connectivity index (χ0v) is 13.5. The first kappa shape index (κ1) is 15.1. The van der Waals surface area contributed by atoms with Crippen molar-refractivity contribution in [2.75, 3.05) is 0 Å². The number of nitrogens with zero attached hydrogens (tertiary/aromatic N) is 4. The average Bonchev–Trinajstić information content (AvgIpc) is 2.78. The highest BCUT2D eigenvalue weighted by atomic mass is 79.9. The fourth-order valence-electron chi connectivity index (χ4n) is 1.71. The number of aryl methyl sites for hydroxylation is 1. The normalized spacial score (nSPS) is 11.9. The molecule has 0 radical (unpaired) electrons. The van der Waals surface area contributed by atoms with E-state index in [9.17, 15) is 4.39 Å². The number of benzene rings is 1. The van der Waals surface area contributed by atoms with E-state index < -0.39 is 0 Å². The van der Waals surface area contributed by atoms with E-state index in [-0.39, 0.29) is 11.4 Å². The molecule has 20 heavy (non-hydrogen) atoms. The molecule has 1 aromatic carbocycles. The van der Waals surface area contributed by atoms with Crippen molar-refractivity contribution >= 4 is 15.9 Å². The first-order chi connectivity index (χ1) is 9.28. The zero-order valence-electron chi connectivity index (χ0n) is 11.9. The molecule has 7 heteroatoms. The van der Waals surface area contributed by atoms with Gasteiger partial charge < -0.3 is 5.32 Å². The summed E-state index contributed by atoms with van der Waals surface area (Å²) < 4.78 is 15.7. The van der Waals surface area contributed by atoms with E-state index in [1.165, 1.54) is 6.07 Å². The van der Waals surface area contributed by atoms with Crippen LogP contribution in [0.3, 0.4) is 0 Å². The highest BCUT2D eigenvalue weighted by Gasteiger charge is 2.15. The molecule has 0 bridgehead atoms. The Hall–Kier alpha value is -1.34. The Morgan fingerprint density at radius 1 is 1.35 bits per heavy atom. The third kappa shape index (κ3) is 3.40. The second-order valence-electron chi connectivity index (χ2n) is 5.66. The second-order valence-corrected chi connectivity index (χ2v) is 6.52. The van der Waals surface area contributed by atoms with Gasteiger partial charge in [-0.2, -0.15) is 4.68 Å². The van der Waals surface area contributed by atoms with Crippen LogP contribution in [0.2, 0.25) is 0 Å². The van der Waals surface area contributed by atoms with Gasteiger partial charge in [-0.05, 0) is 65.7 Å². The predicted octanol–water partition coefficient (Wildman–Crippen LogP) is 2.76. The number of tetrazole rings is 1. The molecule has 0 saturated heterocycles. The molecule has 5 nitrogen and oxygen atoms in total. The van der Waals surface area contributed by atoms with E-state index in [2.05, 4.69) is 57.5 Å². The minimum absolute atomic E-state index is 0.0449. The highest BCUT2D eigenvalue weighted by Crippen LogP contribution is 2.23. The summed E-state index contributed by atoms with van der Waals surface area (Å²) in [7, 11) is 0. The maximum Gasteiger partial charge on any atom is 0.170 e. The van der Waals surface area contributed by atoms with Gasteiger partial charge in [0.15, 0.2) is 5.82 Å². The van der Waals surface area contributed by atoms with Crippen LogP contribution >= 0.6 is 15.9 Å². The Bertz CT molecular complexity index is 618. The first-order valence-corrected chi connectivity index (χ1v) is 7.05. The largest absolute Gasteiger partial charge is 0.305 e. The summed E-state index contributed by atoms with van der Waals surface area (Å²) in [6, 6.07) is 3.14. The molecule has 0 amide bonds. The van der Waals surface area contributed by atoms with Gasteiger partial charge >= 0.3 is 0 Å². The van der Waals surface area contributed by atoms with Crippen molar-refractivity contribution in [1.29, 1.82) is 0 Å². The maximum absolute atomic E-state index is 13.7. The number of hydrogen-bond donors (Lipinski definition) is 1. The Morgan fingerprint density at radius 3 is 2.70 bits per heavy atom. The van der Waals surface area contributed by atoms with Crippen LogP contribution in [0.15, 0.2) is 16.6 Å². The third-order valence-corrected chi connectivity index (χ3v) is 3.39. The summed E-state index contributed by atoms with van der Waals surface area (Å²) in [6.07, 6.45) is 0. The maximum atomic E-state index is 13.7. The van der Waals surface area contributed by atoms with Gasteiger partial charge in [0, 0.05) is 11.6 Å². The standard InChI is InChI=1S/C13H17BrFN5/c1-8-5-9(14)10(15)6-11(8)20-12(17-18-19-20)7-16-13(2,3)4/h5-6,16H,7H2,1-4H3. The summed E-state index contributed by atoms with van der Waals surface area (Å²) in [4.78, 5) is 0. The van der Waals surface area contributed by atoms with Gasteiger partial charge in [-0.1, -0.05) is 0 Å². The number of hydrogen-bond acceptors (Lipinski definition) is 4. The second kappa shape index (κ2) is 5.57. The van der Waals surface area contributed by atoms with Crippen molar-refractivity contribution in [3.63, 3.8) is 0 Å². The predicted molar refractivity (Wildman–Crippen MR) is 78.1 cm³/mol. The molecule has 0 fully saturated rings. The van der Waals surface area contributed by atoms with Gasteiger partial charge in [0.2, 0.25) is 0 Å². The van der Waals surface area contributed by atoms with E-state index >= 15 is 0 Å². The third-order valence-electron chi connectivity index (χ3n) is 2.78. The number of aromatic nitrogens is 4. The summed E-state index contributed by atoms with van der Waals surface area (Å²) in [5.74, 6) is 0.306. The quantitative estimate of drug-likeness (QED) is 0.932. The van der Waals surface area contributed by atoms with Crippen molar-refractivity contribution in [3.05, 3.63) is 33.8 Å². The molecule has 2 aromatic rings. The van der Waals surface area contributed by atoms with Crippen LogP contribution in [0.5, 0.6) is 0 Å². The van der Waals surface area contributed by atoms with Gasteiger partial charge in [-0.3, -0.25) is 0 Å². The molecule has 108 valence electrons. The Kier molecular flexibility index (Phi) is 4.19. The summed E-state index contributed by atoms with van der Waals surface area (Å²) in [6.45, 7) is 8.58. The number of rotatable bonds is 3. The molecule has 0 saturated carbocycles. The Labute approximate surface area is 125 Å². The minimum Gasteiger partial charge on any atom is -0.305 e. The van der Waals surface area contributed by atoms with Gasteiger partial charge in [0.1, 0.15) is 5.82 Å². The molecule has 0 aliphatic rings. The summed E-state index contributed by atoms with van der Waals surface area (Å²) in [5, 5.41) is 14.9. The zero-order chi connectivity index (χ0) is 14.9. The van der Waals surface area contributed by atoms with Gasteiger partial charge in [0.25, 0.3) is 0 Å². The van der Waals surface area contributed by atoms with Crippen LogP contribution in [0.25, 0.3) is 5.69 Å². The molecule has 0 spiro atoms. The molecular formula is C13H17BrFN5. The lowest BCUT2D eigenvalue weighted by Crippen LogP contribution is -2.36. The molecule has 0 unspecified atom stereocenters. The average molecular weight is 342 g/mol. The lowest BCUT2D eigenvalue weighted by molar-refractivity contribution is 0.415. The van der Waals surface area contributed by atoms with Crippen LogP contribution in [-0.4, -0.2) is 25.7 Å². The van der Waals surface area contributed by atoms with Crippen LogP contribution in [0.4, 0.5) is 4.39 Å². The Morgan fingerprint density at radius 2 is 2.05 bits per heavy atom. The van der Waals surface area contributed by atoms with Crippen LogP contribution < -0.4 is 5.32 Å². The SMILES string of the molecule is Cc1cc(Br)c(F)cc1-n1nnnc1CNC(C)(C)C. The molecule has 1 N–H and O–H groups in total. The van der Waals surface area contributed by atoms with Crippen molar-refractivity contribution in [1.82, 2.24) is 25.5 Å². The molecule has 0 aliphatic heterocycles. The van der Waals surface area contributed by atoms with Crippen molar-refractivity contribution < 1.29 is 4.39 Å². The molecule has 1 heterocycles. The van der Waals surface area contributed by atoms with E-state index in [0.717, 1.165) is 5.56 Å². The summed E-state index contributed by atoms with van der Waals surface area (Å²) in [5.41, 5.74) is 1.49. The molecule has 0 aliphatic carbocycles. The van der Waals surface area contributed by atoms with Crippen molar-refractivity contribution in [2.24, 2.45) is 0 Å². The first-order valence-electron chi connectivity index (χ1n) is 6.26. The Balaban J connectivity index is 2.35.